The van der Waals surface area contributed by atoms with Crippen molar-refractivity contribution in [3.8, 4) is 11.8 Å². The fourth-order valence-electron chi connectivity index (χ4n) is 1.33. The smallest absolute Gasteiger partial charge is 0.330 e. The minimum Gasteiger partial charge on any atom is -0.497 e. The van der Waals surface area contributed by atoms with Gasteiger partial charge in [0.1, 0.15) is 10.7 Å². The van der Waals surface area contributed by atoms with Crippen LogP contribution in [0.3, 0.4) is 0 Å². The number of nitriles is 1. The van der Waals surface area contributed by atoms with Gasteiger partial charge in [-0.1, -0.05) is 12.2 Å². The average molecular weight is 278 g/mol. The Balaban J connectivity index is 2.71. The number of thiocarbonyl (C=S) groups is 1. The van der Waals surface area contributed by atoms with Gasteiger partial charge in [0.25, 0.3) is 0 Å². The molecule has 100 valence electrons. The molecule has 6 heteroatoms. The largest absolute Gasteiger partial charge is 0.497 e. The lowest BCUT2D eigenvalue weighted by atomic mass is 10.1. The van der Waals surface area contributed by atoms with Crippen molar-refractivity contribution in [2.45, 2.75) is 6.92 Å². The van der Waals surface area contributed by atoms with Crippen molar-refractivity contribution >= 4 is 28.9 Å². The number of methoxy groups -OCH3 is 1. The van der Waals surface area contributed by atoms with Crippen molar-refractivity contribution in [2.24, 2.45) is 5.92 Å². The summed E-state index contributed by atoms with van der Waals surface area (Å²) in [7, 11) is 1.57. The molecule has 0 aliphatic carbocycles. The van der Waals surface area contributed by atoms with Crippen LogP contribution < -0.4 is 10.1 Å². The van der Waals surface area contributed by atoms with Crippen molar-refractivity contribution in [3.63, 3.8) is 0 Å². The second-order valence-electron chi connectivity index (χ2n) is 3.53. The van der Waals surface area contributed by atoms with Crippen LogP contribution in [0.1, 0.15) is 6.92 Å². The van der Waals surface area contributed by atoms with Crippen LogP contribution in [-0.2, 0) is 9.53 Å². The quantitative estimate of drug-likeness (QED) is 0.657. The van der Waals surface area contributed by atoms with Crippen LogP contribution in [0.4, 0.5) is 5.69 Å². The third-order valence-corrected chi connectivity index (χ3v) is 2.61. The van der Waals surface area contributed by atoms with Gasteiger partial charge in [-0.2, -0.15) is 5.26 Å². The summed E-state index contributed by atoms with van der Waals surface area (Å²) in [5.41, 5.74) is 0.676. The standard InChI is InChI=1S/C13H14N2O3S/c1-3-18-13(16)11(8-14)12(19)15-9-4-6-10(17-2)7-5-9/h4-7,11H,3H2,1-2H3,(H,15,19). The summed E-state index contributed by atoms with van der Waals surface area (Å²) >= 11 is 5.04. The summed E-state index contributed by atoms with van der Waals surface area (Å²) in [6.45, 7) is 1.88. The molecule has 0 amide bonds. The summed E-state index contributed by atoms with van der Waals surface area (Å²) in [5.74, 6) is -1.04. The van der Waals surface area contributed by atoms with E-state index < -0.39 is 11.9 Å². The highest BCUT2D eigenvalue weighted by Gasteiger charge is 2.24. The molecule has 1 rings (SSSR count). The van der Waals surface area contributed by atoms with Gasteiger partial charge in [-0.15, -0.1) is 0 Å². The highest BCUT2D eigenvalue weighted by molar-refractivity contribution is 7.80. The molecule has 1 aromatic carbocycles. The highest BCUT2D eigenvalue weighted by atomic mass is 32.1. The predicted octanol–water partition coefficient (Wildman–Crippen LogP) is 2.14. The number of ether oxygens (including phenoxy) is 2. The minimum absolute atomic E-state index is 0.117. The van der Waals surface area contributed by atoms with Crippen LogP contribution in [0.25, 0.3) is 0 Å². The zero-order valence-electron chi connectivity index (χ0n) is 10.7. The van der Waals surface area contributed by atoms with Gasteiger partial charge in [0.15, 0.2) is 5.92 Å². The molecule has 0 aliphatic heterocycles. The van der Waals surface area contributed by atoms with Gasteiger partial charge in [0, 0.05) is 5.69 Å². The lowest BCUT2D eigenvalue weighted by molar-refractivity contribution is -0.143. The topological polar surface area (TPSA) is 71.4 Å². The number of nitrogens with zero attached hydrogens (tertiary/aromatic N) is 1. The molecular weight excluding hydrogens is 264 g/mol. The zero-order valence-corrected chi connectivity index (χ0v) is 11.5. The zero-order chi connectivity index (χ0) is 14.3. The molecule has 0 saturated carbocycles. The van der Waals surface area contributed by atoms with E-state index >= 15 is 0 Å². The first kappa shape index (κ1) is 14.9. The van der Waals surface area contributed by atoms with Crippen molar-refractivity contribution < 1.29 is 14.3 Å². The number of hydrogen-bond acceptors (Lipinski definition) is 5. The van der Waals surface area contributed by atoms with Crippen LogP contribution in [0.2, 0.25) is 0 Å². The van der Waals surface area contributed by atoms with Crippen molar-refractivity contribution in [3.05, 3.63) is 24.3 Å². The van der Waals surface area contributed by atoms with E-state index in [1.54, 1.807) is 38.3 Å². The molecule has 0 bridgehead atoms. The van der Waals surface area contributed by atoms with E-state index in [1.165, 1.54) is 0 Å². The summed E-state index contributed by atoms with van der Waals surface area (Å²) in [4.78, 5) is 11.6. The molecular formula is C13H14N2O3S. The molecule has 1 atom stereocenters. The number of hydrogen-bond donors (Lipinski definition) is 1. The first-order chi connectivity index (χ1) is 9.12. The highest BCUT2D eigenvalue weighted by Crippen LogP contribution is 2.16. The van der Waals surface area contributed by atoms with Gasteiger partial charge < -0.3 is 14.8 Å². The van der Waals surface area contributed by atoms with E-state index in [0.29, 0.717) is 11.4 Å². The Morgan fingerprint density at radius 2 is 2.11 bits per heavy atom. The predicted molar refractivity (Wildman–Crippen MR) is 75.0 cm³/mol. The molecule has 0 aliphatic rings. The number of carbonyl (C=O) groups excluding carboxylic acids is 1. The molecule has 0 saturated heterocycles. The maximum atomic E-state index is 11.5. The molecule has 0 fully saturated rings. The molecule has 0 heterocycles. The van der Waals surface area contributed by atoms with Crippen LogP contribution in [0, 0.1) is 17.2 Å². The normalized spacial score (nSPS) is 11.0. The van der Waals surface area contributed by atoms with Crippen LogP contribution in [0.15, 0.2) is 24.3 Å². The Morgan fingerprint density at radius 1 is 1.47 bits per heavy atom. The van der Waals surface area contributed by atoms with Crippen molar-refractivity contribution in [1.29, 1.82) is 5.26 Å². The molecule has 5 nitrogen and oxygen atoms in total. The summed E-state index contributed by atoms with van der Waals surface area (Å²) in [5, 5.41) is 11.8. The second kappa shape index (κ2) is 7.34. The van der Waals surface area contributed by atoms with E-state index in [0.717, 1.165) is 0 Å². The molecule has 1 N–H and O–H groups in total. The van der Waals surface area contributed by atoms with Gasteiger partial charge in [0.05, 0.1) is 19.8 Å². The van der Waals surface area contributed by atoms with Gasteiger partial charge >= 0.3 is 5.97 Å². The van der Waals surface area contributed by atoms with Crippen LogP contribution in [-0.4, -0.2) is 24.7 Å². The Labute approximate surface area is 117 Å². The van der Waals surface area contributed by atoms with Crippen molar-refractivity contribution in [1.82, 2.24) is 0 Å². The van der Waals surface area contributed by atoms with Gasteiger partial charge in [0.2, 0.25) is 0 Å². The van der Waals surface area contributed by atoms with Gasteiger partial charge in [-0.25, -0.2) is 0 Å². The Morgan fingerprint density at radius 3 is 2.58 bits per heavy atom. The molecule has 0 aromatic heterocycles. The fourth-order valence-corrected chi connectivity index (χ4v) is 1.60. The molecule has 1 aromatic rings. The number of benzene rings is 1. The van der Waals surface area contributed by atoms with Gasteiger partial charge in [-0.3, -0.25) is 4.79 Å². The third-order valence-electron chi connectivity index (χ3n) is 2.27. The monoisotopic (exact) mass is 278 g/mol. The van der Waals surface area contributed by atoms with E-state index in [-0.39, 0.29) is 11.6 Å². The van der Waals surface area contributed by atoms with Crippen LogP contribution in [0.5, 0.6) is 5.75 Å². The van der Waals surface area contributed by atoms with E-state index in [1.807, 2.05) is 6.07 Å². The SMILES string of the molecule is CCOC(=O)C(C#N)C(=S)Nc1ccc(OC)cc1. The maximum absolute atomic E-state index is 11.5. The Hall–Kier alpha value is -2.13. The Kier molecular flexibility index (Phi) is 5.76. The summed E-state index contributed by atoms with van der Waals surface area (Å²) < 4.78 is 9.81. The first-order valence-corrected chi connectivity index (χ1v) is 6.04. The number of nitrogens with one attached hydrogen (secondary N) is 1. The molecule has 0 radical (unpaired) electrons. The number of rotatable bonds is 5. The number of anilines is 1. The van der Waals surface area contributed by atoms with E-state index in [2.05, 4.69) is 5.32 Å². The molecule has 19 heavy (non-hydrogen) atoms. The lowest BCUT2D eigenvalue weighted by Gasteiger charge is -2.12. The van der Waals surface area contributed by atoms with E-state index in [4.69, 9.17) is 27.0 Å². The molecule has 0 spiro atoms. The summed E-state index contributed by atoms with van der Waals surface area (Å²) in [6.07, 6.45) is 0. The average Bonchev–Trinajstić information content (AvgIpc) is 2.40. The minimum atomic E-state index is -1.10. The van der Waals surface area contributed by atoms with Crippen molar-refractivity contribution in [2.75, 3.05) is 19.0 Å². The lowest BCUT2D eigenvalue weighted by Crippen LogP contribution is -2.28. The third kappa shape index (κ3) is 4.23. The first-order valence-electron chi connectivity index (χ1n) is 5.63. The fraction of sp³-hybridized carbons (Fsp3) is 0.308. The Bertz CT molecular complexity index is 494. The molecule has 1 unspecified atom stereocenters. The van der Waals surface area contributed by atoms with E-state index in [9.17, 15) is 4.79 Å². The second-order valence-corrected chi connectivity index (χ2v) is 3.97. The number of carbonyl (C=O) groups is 1. The maximum Gasteiger partial charge on any atom is 0.330 e. The van der Waals surface area contributed by atoms with Gasteiger partial charge in [-0.05, 0) is 31.2 Å². The van der Waals surface area contributed by atoms with Crippen LogP contribution >= 0.6 is 12.2 Å². The summed E-state index contributed by atoms with van der Waals surface area (Å²) in [6, 6.07) is 8.80. The number of esters is 1.